The summed E-state index contributed by atoms with van der Waals surface area (Å²) in [7, 11) is 0. The molecule has 0 aromatic rings. The Morgan fingerprint density at radius 1 is 1.77 bits per heavy atom. The molecule has 3 N–H and O–H groups in total. The van der Waals surface area contributed by atoms with Crippen LogP contribution >= 0.6 is 0 Å². The first-order chi connectivity index (χ1) is 6.15. The van der Waals surface area contributed by atoms with Gasteiger partial charge in [0.15, 0.2) is 0 Å². The zero-order valence-electron chi connectivity index (χ0n) is 7.92. The van der Waals surface area contributed by atoms with Crippen LogP contribution in [0.1, 0.15) is 26.2 Å². The van der Waals surface area contributed by atoms with Crippen LogP contribution in [0.5, 0.6) is 0 Å². The highest BCUT2D eigenvalue weighted by molar-refractivity contribution is 5.82. The Bertz CT molecular complexity index is 232. The van der Waals surface area contributed by atoms with E-state index in [1.54, 1.807) is 0 Å². The van der Waals surface area contributed by atoms with Crippen LogP contribution in [0, 0.1) is 18.3 Å². The van der Waals surface area contributed by atoms with Crippen LogP contribution in [0.4, 0.5) is 0 Å². The first-order valence-electron chi connectivity index (χ1n) is 4.64. The van der Waals surface area contributed by atoms with Crippen molar-refractivity contribution >= 4 is 5.91 Å². The number of amides is 1. The quantitative estimate of drug-likeness (QED) is 0.612. The van der Waals surface area contributed by atoms with Crippen LogP contribution in [0.2, 0.25) is 0 Å². The van der Waals surface area contributed by atoms with Crippen molar-refractivity contribution in [2.24, 2.45) is 11.7 Å². The van der Waals surface area contributed by atoms with Gasteiger partial charge in [-0.2, -0.15) is 0 Å². The van der Waals surface area contributed by atoms with Gasteiger partial charge in [-0.25, -0.2) is 0 Å². The fourth-order valence-corrected chi connectivity index (χ4v) is 1.39. The predicted molar refractivity (Wildman–Crippen MR) is 51.8 cm³/mol. The van der Waals surface area contributed by atoms with E-state index in [9.17, 15) is 4.79 Å². The molecule has 3 nitrogen and oxygen atoms in total. The summed E-state index contributed by atoms with van der Waals surface area (Å²) in [5, 5.41) is 2.89. The summed E-state index contributed by atoms with van der Waals surface area (Å²) in [4.78, 5) is 11.4. The maximum atomic E-state index is 11.4. The number of hydrogen-bond acceptors (Lipinski definition) is 2. The Balaban J connectivity index is 2.28. The van der Waals surface area contributed by atoms with Crippen LogP contribution in [-0.4, -0.2) is 18.0 Å². The Morgan fingerprint density at radius 3 is 2.85 bits per heavy atom. The van der Waals surface area contributed by atoms with Crippen molar-refractivity contribution in [3.8, 4) is 12.3 Å². The second-order valence-corrected chi connectivity index (χ2v) is 3.68. The molecule has 0 aromatic heterocycles. The molecular weight excluding hydrogens is 164 g/mol. The van der Waals surface area contributed by atoms with Gasteiger partial charge >= 0.3 is 0 Å². The summed E-state index contributed by atoms with van der Waals surface area (Å²) in [6.07, 6.45) is 7.63. The van der Waals surface area contributed by atoms with Crippen LogP contribution in [0.15, 0.2) is 0 Å². The first-order valence-corrected chi connectivity index (χ1v) is 4.64. The van der Waals surface area contributed by atoms with Crippen LogP contribution in [-0.2, 0) is 4.79 Å². The molecule has 0 radical (unpaired) electrons. The Labute approximate surface area is 79.1 Å². The third-order valence-corrected chi connectivity index (χ3v) is 2.62. The van der Waals surface area contributed by atoms with Crippen molar-refractivity contribution in [1.29, 1.82) is 0 Å². The first kappa shape index (κ1) is 10.1. The van der Waals surface area contributed by atoms with Gasteiger partial charge in [-0.1, -0.05) is 6.92 Å². The highest BCUT2D eigenvalue weighted by Gasteiger charge is 2.29. The molecule has 1 saturated carbocycles. The highest BCUT2D eigenvalue weighted by atomic mass is 16.2. The summed E-state index contributed by atoms with van der Waals surface area (Å²) < 4.78 is 0. The van der Waals surface area contributed by atoms with E-state index < -0.39 is 6.04 Å². The van der Waals surface area contributed by atoms with Crippen LogP contribution in [0.3, 0.4) is 0 Å². The van der Waals surface area contributed by atoms with E-state index in [1.165, 1.54) is 6.42 Å². The summed E-state index contributed by atoms with van der Waals surface area (Å²) >= 11 is 0. The molecule has 0 aliphatic heterocycles. The van der Waals surface area contributed by atoms with Gasteiger partial charge < -0.3 is 11.1 Å². The zero-order valence-corrected chi connectivity index (χ0v) is 7.92. The summed E-state index contributed by atoms with van der Waals surface area (Å²) in [5.41, 5.74) is 5.55. The number of terminal acetylenes is 1. The fraction of sp³-hybridized carbons (Fsp3) is 0.700. The third kappa shape index (κ3) is 2.46. The molecule has 72 valence electrons. The lowest BCUT2D eigenvalue weighted by atomic mass is 9.81. The highest BCUT2D eigenvalue weighted by Crippen LogP contribution is 2.26. The third-order valence-electron chi connectivity index (χ3n) is 2.62. The molecule has 3 atom stereocenters. The molecule has 3 unspecified atom stereocenters. The lowest BCUT2D eigenvalue weighted by molar-refractivity contribution is -0.124. The molecule has 0 spiro atoms. The molecule has 1 rings (SSSR count). The number of carbonyl (C=O) groups excluding carboxylic acids is 1. The molecule has 0 saturated heterocycles. The van der Waals surface area contributed by atoms with Crippen molar-refractivity contribution in [3.63, 3.8) is 0 Å². The summed E-state index contributed by atoms with van der Waals surface area (Å²) in [5.74, 6) is 2.85. The topological polar surface area (TPSA) is 55.1 Å². The molecule has 1 fully saturated rings. The van der Waals surface area contributed by atoms with Gasteiger partial charge in [0.25, 0.3) is 0 Å². The van der Waals surface area contributed by atoms with E-state index >= 15 is 0 Å². The van der Waals surface area contributed by atoms with Crippen molar-refractivity contribution < 1.29 is 4.79 Å². The molecule has 0 heterocycles. The second kappa shape index (κ2) is 4.29. The minimum Gasteiger partial charge on any atom is -0.352 e. The van der Waals surface area contributed by atoms with Crippen LogP contribution < -0.4 is 11.1 Å². The molecular formula is C10H16N2O. The van der Waals surface area contributed by atoms with Gasteiger partial charge in [-0.05, 0) is 18.8 Å². The van der Waals surface area contributed by atoms with Gasteiger partial charge in [0.05, 0.1) is 6.04 Å². The van der Waals surface area contributed by atoms with Crippen molar-refractivity contribution in [3.05, 3.63) is 0 Å². The molecule has 0 aromatic carbocycles. The van der Waals surface area contributed by atoms with E-state index in [2.05, 4.69) is 18.2 Å². The van der Waals surface area contributed by atoms with E-state index in [0.717, 1.165) is 6.42 Å². The lowest BCUT2D eigenvalue weighted by Gasteiger charge is -2.35. The van der Waals surface area contributed by atoms with Crippen molar-refractivity contribution in [2.45, 2.75) is 38.3 Å². The number of hydrogen-bond donors (Lipinski definition) is 2. The minimum absolute atomic E-state index is 0.116. The summed E-state index contributed by atoms with van der Waals surface area (Å²) in [6, 6.07) is -0.228. The average Bonchev–Trinajstić information content (AvgIpc) is 2.11. The SMILES string of the molecule is C#CCC(N)C(=O)NC1CCC1C. The Morgan fingerprint density at radius 2 is 2.46 bits per heavy atom. The largest absolute Gasteiger partial charge is 0.352 e. The minimum atomic E-state index is -0.544. The van der Waals surface area contributed by atoms with Crippen LogP contribution in [0.25, 0.3) is 0 Å². The predicted octanol–water partition coefficient (Wildman–Crippen LogP) is 0.252. The molecule has 0 bridgehead atoms. The van der Waals surface area contributed by atoms with Gasteiger partial charge in [-0.15, -0.1) is 12.3 Å². The van der Waals surface area contributed by atoms with Gasteiger partial charge in [0.1, 0.15) is 0 Å². The smallest absolute Gasteiger partial charge is 0.238 e. The fourth-order valence-electron chi connectivity index (χ4n) is 1.39. The average molecular weight is 180 g/mol. The van der Waals surface area contributed by atoms with E-state index in [0.29, 0.717) is 18.4 Å². The molecule has 1 aliphatic rings. The Kier molecular flexibility index (Phi) is 3.32. The number of nitrogens with two attached hydrogens (primary N) is 1. The normalized spacial score (nSPS) is 28.4. The lowest BCUT2D eigenvalue weighted by Crippen LogP contribution is -2.51. The maximum absolute atomic E-state index is 11.4. The molecule has 1 amide bonds. The van der Waals surface area contributed by atoms with Gasteiger partial charge in [0, 0.05) is 12.5 Å². The second-order valence-electron chi connectivity index (χ2n) is 3.68. The van der Waals surface area contributed by atoms with E-state index in [1.807, 2.05) is 0 Å². The number of carbonyl (C=O) groups is 1. The molecule has 13 heavy (non-hydrogen) atoms. The number of nitrogens with one attached hydrogen (secondary N) is 1. The van der Waals surface area contributed by atoms with Gasteiger partial charge in [-0.3, -0.25) is 4.79 Å². The van der Waals surface area contributed by atoms with E-state index in [-0.39, 0.29) is 5.91 Å². The molecule has 3 heteroatoms. The standard InChI is InChI=1S/C10H16N2O/c1-3-4-8(11)10(13)12-9-6-5-7(9)2/h1,7-9H,4-6,11H2,2H3,(H,12,13). The number of rotatable bonds is 3. The molecule has 1 aliphatic carbocycles. The van der Waals surface area contributed by atoms with E-state index in [4.69, 9.17) is 12.2 Å². The van der Waals surface area contributed by atoms with Crippen molar-refractivity contribution in [1.82, 2.24) is 5.32 Å². The zero-order chi connectivity index (χ0) is 9.84. The monoisotopic (exact) mass is 180 g/mol. The van der Waals surface area contributed by atoms with Crippen molar-refractivity contribution in [2.75, 3.05) is 0 Å². The van der Waals surface area contributed by atoms with Gasteiger partial charge in [0.2, 0.25) is 5.91 Å². The maximum Gasteiger partial charge on any atom is 0.238 e. The summed E-state index contributed by atoms with van der Waals surface area (Å²) in [6.45, 7) is 2.13. The Hall–Kier alpha value is -1.01.